The second-order valence-corrected chi connectivity index (χ2v) is 7.26. The van der Waals surface area contributed by atoms with Crippen LogP contribution in [0.1, 0.15) is 52.4 Å². The second kappa shape index (κ2) is 3.88. The van der Waals surface area contributed by atoms with E-state index in [1.807, 2.05) is 0 Å². The van der Waals surface area contributed by atoms with Crippen molar-refractivity contribution in [3.05, 3.63) is 0 Å². The number of carbonyl (C=O) groups excluding carboxylic acids is 1. The number of carbonyl (C=O) groups is 1. The molecule has 0 heterocycles. The molecule has 0 unspecified atom stereocenters. The third-order valence-electron chi connectivity index (χ3n) is 5.82. The first-order chi connectivity index (χ1) is 8.44. The highest BCUT2D eigenvalue weighted by atomic mass is 16.7. The average Bonchev–Trinajstić information content (AvgIpc) is 2.26. The molecule has 0 aliphatic heterocycles. The Morgan fingerprint density at radius 2 is 1.50 bits per heavy atom. The Kier molecular flexibility index (Phi) is 2.65. The number of ether oxygens (including phenoxy) is 2. The van der Waals surface area contributed by atoms with E-state index in [4.69, 9.17) is 4.74 Å². The van der Waals surface area contributed by atoms with Crippen LogP contribution in [0, 0.1) is 23.2 Å². The molecule has 18 heavy (non-hydrogen) atoms. The van der Waals surface area contributed by atoms with Gasteiger partial charge in [-0.2, -0.15) is 0 Å². The summed E-state index contributed by atoms with van der Waals surface area (Å²) in [7, 11) is 1.39. The Labute approximate surface area is 109 Å². The van der Waals surface area contributed by atoms with Gasteiger partial charge in [-0.15, -0.1) is 0 Å². The Morgan fingerprint density at radius 1 is 1.06 bits per heavy atom. The minimum Gasteiger partial charge on any atom is -0.438 e. The predicted octanol–water partition coefficient (Wildman–Crippen LogP) is 3.76. The zero-order chi connectivity index (χ0) is 13.0. The Morgan fingerprint density at radius 3 is 1.89 bits per heavy atom. The summed E-state index contributed by atoms with van der Waals surface area (Å²) >= 11 is 0. The fourth-order valence-corrected chi connectivity index (χ4v) is 5.21. The van der Waals surface area contributed by atoms with Crippen LogP contribution in [-0.4, -0.2) is 18.9 Å². The minimum atomic E-state index is -0.532. The van der Waals surface area contributed by atoms with E-state index < -0.39 is 11.8 Å². The highest BCUT2D eigenvalue weighted by Gasteiger charge is 2.58. The van der Waals surface area contributed by atoms with Gasteiger partial charge < -0.3 is 9.47 Å². The van der Waals surface area contributed by atoms with Crippen LogP contribution < -0.4 is 0 Å². The number of rotatable bonds is 2. The van der Waals surface area contributed by atoms with Gasteiger partial charge in [-0.1, -0.05) is 0 Å². The summed E-state index contributed by atoms with van der Waals surface area (Å²) in [6.45, 7) is 4.16. The average molecular weight is 252 g/mol. The van der Waals surface area contributed by atoms with E-state index in [-0.39, 0.29) is 5.41 Å². The van der Waals surface area contributed by atoms with Gasteiger partial charge in [0, 0.05) is 5.41 Å². The third kappa shape index (κ3) is 1.74. The van der Waals surface area contributed by atoms with Crippen molar-refractivity contribution in [1.29, 1.82) is 0 Å². The van der Waals surface area contributed by atoms with Crippen LogP contribution in [0.5, 0.6) is 0 Å². The molecule has 0 aromatic rings. The van der Waals surface area contributed by atoms with Crippen LogP contribution >= 0.6 is 0 Å². The molecule has 4 saturated carbocycles. The molecule has 3 nitrogen and oxygen atoms in total. The highest BCUT2D eigenvalue weighted by Crippen LogP contribution is 2.64. The minimum absolute atomic E-state index is 0.204. The van der Waals surface area contributed by atoms with Crippen molar-refractivity contribution in [3.63, 3.8) is 0 Å². The molecule has 0 aromatic carbocycles. The fraction of sp³-hybridized carbons (Fsp3) is 0.933. The molecule has 0 atom stereocenters. The first-order valence-corrected chi connectivity index (χ1v) is 7.21. The molecule has 4 aliphatic rings. The van der Waals surface area contributed by atoms with E-state index in [1.54, 1.807) is 0 Å². The van der Waals surface area contributed by atoms with Gasteiger partial charge in [0.25, 0.3) is 0 Å². The SMILES string of the molecule is COC(=O)OC(C)(C)C12CC3CC(CC(C3)C1)C2. The van der Waals surface area contributed by atoms with E-state index in [9.17, 15) is 4.79 Å². The zero-order valence-electron chi connectivity index (χ0n) is 11.7. The van der Waals surface area contributed by atoms with Crippen LogP contribution in [0.15, 0.2) is 0 Å². The summed E-state index contributed by atoms with van der Waals surface area (Å²) in [4.78, 5) is 11.5. The molecule has 0 spiro atoms. The summed E-state index contributed by atoms with van der Waals surface area (Å²) in [5, 5.41) is 0. The van der Waals surface area contributed by atoms with Crippen LogP contribution in [0.3, 0.4) is 0 Å². The molecule has 0 amide bonds. The molecule has 3 heteroatoms. The van der Waals surface area contributed by atoms with Crippen molar-refractivity contribution >= 4 is 6.16 Å². The van der Waals surface area contributed by atoms with Crippen molar-refractivity contribution in [2.24, 2.45) is 23.2 Å². The summed E-state index contributed by atoms with van der Waals surface area (Å²) in [5.74, 6) is 2.62. The maximum Gasteiger partial charge on any atom is 0.508 e. The Bertz CT molecular complexity index is 323. The number of hydrogen-bond acceptors (Lipinski definition) is 3. The standard InChI is InChI=1S/C15H24O3/c1-14(2,18-13(16)17-3)15-7-10-4-11(8-15)6-12(5-10)9-15/h10-12H,4-9H2,1-3H3. The highest BCUT2D eigenvalue weighted by molar-refractivity contribution is 5.60. The maximum atomic E-state index is 11.5. The lowest BCUT2D eigenvalue weighted by atomic mass is 9.46. The third-order valence-corrected chi connectivity index (χ3v) is 5.82. The van der Waals surface area contributed by atoms with Crippen molar-refractivity contribution < 1.29 is 14.3 Å². The topological polar surface area (TPSA) is 35.5 Å². The van der Waals surface area contributed by atoms with E-state index in [2.05, 4.69) is 18.6 Å². The molecule has 4 aliphatic carbocycles. The molecule has 0 aromatic heterocycles. The van der Waals surface area contributed by atoms with Gasteiger partial charge in [0.1, 0.15) is 5.60 Å². The van der Waals surface area contributed by atoms with Gasteiger partial charge in [-0.3, -0.25) is 0 Å². The molecule has 4 rings (SSSR count). The Balaban J connectivity index is 1.83. The monoisotopic (exact) mass is 252 g/mol. The van der Waals surface area contributed by atoms with Gasteiger partial charge in [-0.05, 0) is 70.1 Å². The quantitative estimate of drug-likeness (QED) is 0.702. The lowest BCUT2D eigenvalue weighted by Crippen LogP contribution is -2.57. The summed E-state index contributed by atoms with van der Waals surface area (Å²) in [6, 6.07) is 0. The summed E-state index contributed by atoms with van der Waals surface area (Å²) in [6.07, 6.45) is 7.42. The lowest BCUT2D eigenvalue weighted by molar-refractivity contribution is -0.170. The lowest BCUT2D eigenvalue weighted by Gasteiger charge is -2.61. The first kappa shape index (κ1) is 12.3. The van der Waals surface area contributed by atoms with E-state index in [0.717, 1.165) is 17.8 Å². The van der Waals surface area contributed by atoms with Gasteiger partial charge in [0.15, 0.2) is 0 Å². The van der Waals surface area contributed by atoms with E-state index >= 15 is 0 Å². The van der Waals surface area contributed by atoms with Gasteiger partial charge in [0.05, 0.1) is 7.11 Å². The molecule has 0 radical (unpaired) electrons. The molecular weight excluding hydrogens is 228 g/mol. The molecule has 102 valence electrons. The molecular formula is C15H24O3. The van der Waals surface area contributed by atoms with Crippen molar-refractivity contribution in [1.82, 2.24) is 0 Å². The van der Waals surface area contributed by atoms with Crippen LogP contribution in [-0.2, 0) is 9.47 Å². The fourth-order valence-electron chi connectivity index (χ4n) is 5.21. The Hall–Kier alpha value is -0.730. The molecule has 4 fully saturated rings. The number of methoxy groups -OCH3 is 1. The van der Waals surface area contributed by atoms with Gasteiger partial charge >= 0.3 is 6.16 Å². The second-order valence-electron chi connectivity index (χ2n) is 7.26. The number of hydrogen-bond donors (Lipinski definition) is 0. The zero-order valence-corrected chi connectivity index (χ0v) is 11.7. The summed E-state index contributed by atoms with van der Waals surface area (Å²) in [5.41, 5.74) is -0.188. The van der Waals surface area contributed by atoms with Crippen molar-refractivity contribution in [2.75, 3.05) is 7.11 Å². The summed E-state index contributed by atoms with van der Waals surface area (Å²) < 4.78 is 10.3. The molecule has 4 bridgehead atoms. The van der Waals surface area contributed by atoms with Gasteiger partial charge in [0.2, 0.25) is 0 Å². The van der Waals surface area contributed by atoms with Crippen LogP contribution in [0.25, 0.3) is 0 Å². The van der Waals surface area contributed by atoms with Gasteiger partial charge in [-0.25, -0.2) is 4.79 Å². The van der Waals surface area contributed by atoms with Crippen LogP contribution in [0.2, 0.25) is 0 Å². The molecule has 0 N–H and O–H groups in total. The smallest absolute Gasteiger partial charge is 0.438 e. The first-order valence-electron chi connectivity index (χ1n) is 7.21. The van der Waals surface area contributed by atoms with Crippen LogP contribution in [0.4, 0.5) is 4.79 Å². The normalized spacial score (nSPS) is 41.8. The maximum absolute atomic E-state index is 11.5. The van der Waals surface area contributed by atoms with E-state index in [1.165, 1.54) is 45.6 Å². The van der Waals surface area contributed by atoms with Crippen molar-refractivity contribution in [2.45, 2.75) is 58.0 Å². The van der Waals surface area contributed by atoms with Crippen molar-refractivity contribution in [3.8, 4) is 0 Å². The predicted molar refractivity (Wildman–Crippen MR) is 68.2 cm³/mol. The largest absolute Gasteiger partial charge is 0.508 e. The van der Waals surface area contributed by atoms with E-state index in [0.29, 0.717) is 0 Å². The molecule has 0 saturated heterocycles.